The van der Waals surface area contributed by atoms with Crippen molar-refractivity contribution >= 4 is 23.5 Å². The number of carbonyl (C=O) groups excluding carboxylic acids is 2. The van der Waals surface area contributed by atoms with E-state index in [4.69, 9.17) is 25.8 Å². The van der Waals surface area contributed by atoms with Gasteiger partial charge >= 0.3 is 5.97 Å². The van der Waals surface area contributed by atoms with E-state index in [2.05, 4.69) is 11.9 Å². The summed E-state index contributed by atoms with van der Waals surface area (Å²) in [5.74, 6) is -0.138. The lowest BCUT2D eigenvalue weighted by Crippen LogP contribution is -2.29. The molecule has 6 nitrogen and oxygen atoms in total. The molecule has 0 radical (unpaired) electrons. The molecule has 2 aromatic carbocycles. The minimum atomic E-state index is -0.654. The number of hydrogen-bond donors (Lipinski definition) is 1. The van der Waals surface area contributed by atoms with Crippen molar-refractivity contribution < 1.29 is 23.8 Å². The Morgan fingerprint density at radius 2 is 1.79 bits per heavy atom. The quantitative estimate of drug-likeness (QED) is 0.486. The van der Waals surface area contributed by atoms with Crippen molar-refractivity contribution in [3.8, 4) is 11.5 Å². The number of halogens is 1. The second-order valence-corrected chi connectivity index (χ2v) is 6.27. The Morgan fingerprint density at radius 3 is 2.46 bits per heavy atom. The van der Waals surface area contributed by atoms with E-state index in [1.165, 1.54) is 7.11 Å². The van der Waals surface area contributed by atoms with Gasteiger partial charge < -0.3 is 19.5 Å². The van der Waals surface area contributed by atoms with Gasteiger partial charge in [0.1, 0.15) is 0 Å². The first-order valence-corrected chi connectivity index (χ1v) is 8.97. The first kappa shape index (κ1) is 21.3. The standard InChI is InChI=1S/C21H22ClNO5/c1-3-4-15-7-10-18(19(11-15)26-2)27-14-21(25)28-13-20(24)23-12-16-5-8-17(22)9-6-16/h3,5-11H,1,4,12-14H2,2H3,(H,23,24). The van der Waals surface area contributed by atoms with Crippen molar-refractivity contribution in [2.75, 3.05) is 20.3 Å². The second-order valence-electron chi connectivity index (χ2n) is 5.83. The van der Waals surface area contributed by atoms with Crippen molar-refractivity contribution in [2.45, 2.75) is 13.0 Å². The number of esters is 1. The Bertz CT molecular complexity index is 820. The van der Waals surface area contributed by atoms with Crippen molar-refractivity contribution in [1.82, 2.24) is 5.32 Å². The Hall–Kier alpha value is -2.99. The summed E-state index contributed by atoms with van der Waals surface area (Å²) in [7, 11) is 1.52. The van der Waals surface area contributed by atoms with Gasteiger partial charge in [-0.05, 0) is 41.8 Å². The molecule has 0 saturated heterocycles. The summed E-state index contributed by atoms with van der Waals surface area (Å²) in [5, 5.41) is 3.28. The lowest BCUT2D eigenvalue weighted by molar-refractivity contribution is -0.150. The highest BCUT2D eigenvalue weighted by Crippen LogP contribution is 2.28. The molecule has 0 aliphatic carbocycles. The second kappa shape index (κ2) is 11.0. The zero-order chi connectivity index (χ0) is 20.4. The molecule has 0 heterocycles. The van der Waals surface area contributed by atoms with Gasteiger partial charge in [0.2, 0.25) is 0 Å². The Kier molecular flexibility index (Phi) is 8.37. The Labute approximate surface area is 169 Å². The molecule has 2 rings (SSSR count). The topological polar surface area (TPSA) is 73.9 Å². The van der Waals surface area contributed by atoms with Gasteiger partial charge in [-0.3, -0.25) is 4.79 Å². The van der Waals surface area contributed by atoms with Crippen molar-refractivity contribution in [3.63, 3.8) is 0 Å². The molecule has 0 spiro atoms. The number of amides is 1. The van der Waals surface area contributed by atoms with Crippen molar-refractivity contribution in [1.29, 1.82) is 0 Å². The zero-order valence-corrected chi connectivity index (χ0v) is 16.3. The average Bonchev–Trinajstić information content (AvgIpc) is 2.71. The van der Waals surface area contributed by atoms with Gasteiger partial charge in [-0.25, -0.2) is 4.79 Å². The molecule has 0 unspecified atom stereocenters. The summed E-state index contributed by atoms with van der Waals surface area (Å²) in [6.07, 6.45) is 2.48. The minimum Gasteiger partial charge on any atom is -0.493 e. The van der Waals surface area contributed by atoms with Crippen LogP contribution in [0.5, 0.6) is 11.5 Å². The predicted octanol–water partition coefficient (Wildman–Crippen LogP) is 3.32. The van der Waals surface area contributed by atoms with Crippen LogP contribution in [0.2, 0.25) is 5.02 Å². The molecule has 7 heteroatoms. The minimum absolute atomic E-state index is 0.318. The Morgan fingerprint density at radius 1 is 1.07 bits per heavy atom. The number of benzene rings is 2. The van der Waals surface area contributed by atoms with Crippen molar-refractivity contribution in [3.05, 3.63) is 71.3 Å². The van der Waals surface area contributed by atoms with Crippen LogP contribution in [-0.4, -0.2) is 32.2 Å². The van der Waals surface area contributed by atoms with E-state index in [9.17, 15) is 9.59 Å². The number of allylic oxidation sites excluding steroid dienone is 1. The highest BCUT2D eigenvalue weighted by molar-refractivity contribution is 6.30. The molecule has 0 saturated carbocycles. The maximum absolute atomic E-state index is 11.8. The average molecular weight is 404 g/mol. The normalized spacial score (nSPS) is 10.1. The summed E-state index contributed by atoms with van der Waals surface area (Å²) in [6.45, 7) is 3.29. The maximum atomic E-state index is 11.8. The molecule has 1 amide bonds. The van der Waals surface area contributed by atoms with Gasteiger partial charge in [0.25, 0.3) is 5.91 Å². The molecule has 2 aromatic rings. The predicted molar refractivity (Wildman–Crippen MR) is 107 cm³/mol. The molecule has 28 heavy (non-hydrogen) atoms. The number of methoxy groups -OCH3 is 1. The number of rotatable bonds is 10. The number of carbonyl (C=O) groups is 2. The highest BCUT2D eigenvalue weighted by atomic mass is 35.5. The summed E-state index contributed by atoms with van der Waals surface area (Å²) in [5.41, 5.74) is 1.90. The molecule has 0 atom stereocenters. The van der Waals surface area contributed by atoms with E-state index in [0.29, 0.717) is 29.5 Å². The van der Waals surface area contributed by atoms with Crippen LogP contribution in [-0.2, 0) is 27.3 Å². The van der Waals surface area contributed by atoms with Gasteiger partial charge in [0.05, 0.1) is 7.11 Å². The van der Waals surface area contributed by atoms with Gasteiger partial charge in [0.15, 0.2) is 24.7 Å². The van der Waals surface area contributed by atoms with Gasteiger partial charge in [0, 0.05) is 11.6 Å². The molecule has 1 N–H and O–H groups in total. The fourth-order valence-electron chi connectivity index (χ4n) is 2.30. The summed E-state index contributed by atoms with van der Waals surface area (Å²) >= 11 is 5.81. The van der Waals surface area contributed by atoms with Gasteiger partial charge in [-0.2, -0.15) is 0 Å². The van der Waals surface area contributed by atoms with E-state index >= 15 is 0 Å². The Balaban J connectivity index is 1.74. The maximum Gasteiger partial charge on any atom is 0.344 e. The van der Waals surface area contributed by atoms with E-state index in [0.717, 1.165) is 11.1 Å². The molecule has 0 fully saturated rings. The summed E-state index contributed by atoms with van der Waals surface area (Å²) < 4.78 is 15.6. The van der Waals surface area contributed by atoms with Crippen LogP contribution >= 0.6 is 11.6 Å². The van der Waals surface area contributed by atoms with Crippen molar-refractivity contribution in [2.24, 2.45) is 0 Å². The summed E-state index contributed by atoms with van der Waals surface area (Å²) in [6, 6.07) is 12.5. The fraction of sp³-hybridized carbons (Fsp3) is 0.238. The van der Waals surface area contributed by atoms with Crippen LogP contribution in [0.15, 0.2) is 55.1 Å². The van der Waals surface area contributed by atoms with Crippen LogP contribution in [0, 0.1) is 0 Å². The molecule has 148 valence electrons. The van der Waals surface area contributed by atoms with Crippen LogP contribution in [0.25, 0.3) is 0 Å². The van der Waals surface area contributed by atoms with Crippen LogP contribution in [0.1, 0.15) is 11.1 Å². The van der Waals surface area contributed by atoms with Gasteiger partial charge in [-0.15, -0.1) is 6.58 Å². The lowest BCUT2D eigenvalue weighted by Gasteiger charge is -2.12. The molecular formula is C21H22ClNO5. The molecule has 0 aliphatic heterocycles. The van der Waals surface area contributed by atoms with E-state index in [-0.39, 0.29) is 13.2 Å². The largest absolute Gasteiger partial charge is 0.493 e. The highest BCUT2D eigenvalue weighted by Gasteiger charge is 2.11. The van der Waals surface area contributed by atoms with E-state index < -0.39 is 11.9 Å². The number of hydrogen-bond acceptors (Lipinski definition) is 5. The zero-order valence-electron chi connectivity index (χ0n) is 15.6. The van der Waals surface area contributed by atoms with Crippen LogP contribution in [0.3, 0.4) is 0 Å². The smallest absolute Gasteiger partial charge is 0.344 e. The number of ether oxygens (including phenoxy) is 3. The third kappa shape index (κ3) is 6.96. The molecule has 0 bridgehead atoms. The number of nitrogens with one attached hydrogen (secondary N) is 1. The third-order valence-corrected chi connectivity index (χ3v) is 3.97. The van der Waals surface area contributed by atoms with Gasteiger partial charge in [-0.1, -0.05) is 35.9 Å². The summed E-state index contributed by atoms with van der Waals surface area (Å²) in [4.78, 5) is 23.6. The fourth-order valence-corrected chi connectivity index (χ4v) is 2.43. The lowest BCUT2D eigenvalue weighted by atomic mass is 10.1. The SMILES string of the molecule is C=CCc1ccc(OCC(=O)OCC(=O)NCc2ccc(Cl)cc2)c(OC)c1. The molecule has 0 aromatic heterocycles. The van der Waals surface area contributed by atoms with Crippen LogP contribution < -0.4 is 14.8 Å². The first-order valence-electron chi connectivity index (χ1n) is 8.59. The first-order chi connectivity index (χ1) is 13.5. The van der Waals surface area contributed by atoms with E-state index in [1.54, 1.807) is 36.4 Å². The monoisotopic (exact) mass is 403 g/mol. The third-order valence-electron chi connectivity index (χ3n) is 3.72. The molecular weight excluding hydrogens is 382 g/mol. The molecule has 0 aliphatic rings. The van der Waals surface area contributed by atoms with E-state index in [1.807, 2.05) is 12.1 Å². The van der Waals surface area contributed by atoms with Crippen LogP contribution in [0.4, 0.5) is 0 Å².